The van der Waals surface area contributed by atoms with E-state index in [1.54, 1.807) is 11.3 Å². The molecule has 0 aliphatic heterocycles. The second-order valence-electron chi connectivity index (χ2n) is 3.78. The maximum atomic E-state index is 11.0. The van der Waals surface area contributed by atoms with Crippen LogP contribution in [0.1, 0.15) is 42.0 Å². The third-order valence-electron chi connectivity index (χ3n) is 2.20. The van der Waals surface area contributed by atoms with Crippen LogP contribution in [0.25, 0.3) is 0 Å². The predicted molar refractivity (Wildman–Crippen MR) is 62.0 cm³/mol. The molecule has 0 spiro atoms. The molecule has 0 fully saturated rings. The molecule has 0 aliphatic rings. The van der Waals surface area contributed by atoms with E-state index in [4.69, 9.17) is 5.73 Å². The molecule has 4 heteroatoms. The molecule has 0 saturated heterocycles. The second-order valence-corrected chi connectivity index (χ2v) is 4.93. The molecule has 1 aromatic rings. The number of carbonyl (C=O) groups excluding carboxylic acids is 1. The summed E-state index contributed by atoms with van der Waals surface area (Å²) in [6, 6.07) is 3.82. The van der Waals surface area contributed by atoms with Crippen LogP contribution in [0.4, 0.5) is 0 Å². The quantitative estimate of drug-likeness (QED) is 0.804. The molecule has 1 rings (SSSR count). The van der Waals surface area contributed by atoms with Gasteiger partial charge in [-0.3, -0.25) is 4.79 Å². The molecule has 0 amide bonds. The van der Waals surface area contributed by atoms with Crippen molar-refractivity contribution < 1.29 is 9.53 Å². The molecule has 3 nitrogen and oxygen atoms in total. The van der Waals surface area contributed by atoms with E-state index in [0.717, 1.165) is 4.88 Å². The highest BCUT2D eigenvalue weighted by atomic mass is 32.1. The van der Waals surface area contributed by atoms with E-state index in [1.165, 1.54) is 12.0 Å². The molecule has 1 aromatic heterocycles. The first kappa shape index (κ1) is 12.2. The van der Waals surface area contributed by atoms with Crippen molar-refractivity contribution in [2.75, 3.05) is 7.11 Å². The van der Waals surface area contributed by atoms with Gasteiger partial charge in [0, 0.05) is 15.8 Å². The number of nitrogens with two attached hydrogens (primary N) is 1. The number of methoxy groups -OCH3 is 1. The Hall–Kier alpha value is -0.870. The highest BCUT2D eigenvalue weighted by Gasteiger charge is 2.14. The van der Waals surface area contributed by atoms with Crippen LogP contribution in [0.3, 0.4) is 0 Å². The molecule has 84 valence electrons. The number of esters is 1. The van der Waals surface area contributed by atoms with Crippen LogP contribution >= 0.6 is 11.3 Å². The summed E-state index contributed by atoms with van der Waals surface area (Å²) in [7, 11) is 1.38. The summed E-state index contributed by atoms with van der Waals surface area (Å²) >= 11 is 1.67. The molecule has 1 atom stereocenters. The minimum absolute atomic E-state index is 0.241. The topological polar surface area (TPSA) is 52.3 Å². The van der Waals surface area contributed by atoms with Crippen molar-refractivity contribution >= 4 is 17.3 Å². The molecule has 1 unspecified atom stereocenters. The smallest absolute Gasteiger partial charge is 0.307 e. The van der Waals surface area contributed by atoms with Gasteiger partial charge in [-0.15, -0.1) is 11.3 Å². The number of hydrogen-bond donors (Lipinski definition) is 1. The Morgan fingerprint density at radius 3 is 2.53 bits per heavy atom. The van der Waals surface area contributed by atoms with Gasteiger partial charge in [0.1, 0.15) is 0 Å². The lowest BCUT2D eigenvalue weighted by Crippen LogP contribution is -2.15. The molecular formula is C11H17NO2S. The number of carbonyl (C=O) groups is 1. The lowest BCUT2D eigenvalue weighted by molar-refractivity contribution is -0.141. The first-order valence-electron chi connectivity index (χ1n) is 4.96. The van der Waals surface area contributed by atoms with Crippen LogP contribution in [0.2, 0.25) is 0 Å². The summed E-state index contributed by atoms with van der Waals surface area (Å²) in [6.45, 7) is 4.28. The maximum absolute atomic E-state index is 11.0. The lowest BCUT2D eigenvalue weighted by Gasteiger charge is -2.07. The highest BCUT2D eigenvalue weighted by Crippen LogP contribution is 2.28. The van der Waals surface area contributed by atoms with E-state index in [0.29, 0.717) is 5.92 Å². The van der Waals surface area contributed by atoms with Gasteiger partial charge in [-0.25, -0.2) is 0 Å². The van der Waals surface area contributed by atoms with Crippen molar-refractivity contribution in [2.45, 2.75) is 32.2 Å². The molecule has 1 heterocycles. The van der Waals surface area contributed by atoms with Gasteiger partial charge in [0.05, 0.1) is 13.5 Å². The van der Waals surface area contributed by atoms with Crippen molar-refractivity contribution in [3.63, 3.8) is 0 Å². The molecule has 0 aromatic carbocycles. The fourth-order valence-electron chi connectivity index (χ4n) is 1.24. The van der Waals surface area contributed by atoms with Gasteiger partial charge in [0.15, 0.2) is 0 Å². The zero-order valence-electron chi connectivity index (χ0n) is 9.32. The van der Waals surface area contributed by atoms with Gasteiger partial charge in [-0.1, -0.05) is 13.8 Å². The maximum Gasteiger partial charge on any atom is 0.307 e. The van der Waals surface area contributed by atoms with E-state index >= 15 is 0 Å². The Bertz CT molecular complexity index is 333. The Morgan fingerprint density at radius 1 is 1.47 bits per heavy atom. The summed E-state index contributed by atoms with van der Waals surface area (Å²) in [5, 5.41) is 0. The van der Waals surface area contributed by atoms with Crippen molar-refractivity contribution in [1.82, 2.24) is 0 Å². The predicted octanol–water partition coefficient (Wildman–Crippen LogP) is 2.43. The van der Waals surface area contributed by atoms with Crippen LogP contribution in [0.5, 0.6) is 0 Å². The third-order valence-corrected chi connectivity index (χ3v) is 3.71. The Labute approximate surface area is 94.2 Å². The van der Waals surface area contributed by atoms with Crippen molar-refractivity contribution in [2.24, 2.45) is 5.73 Å². The fraction of sp³-hybridized carbons (Fsp3) is 0.545. The molecule has 0 aliphatic carbocycles. The SMILES string of the molecule is COC(=O)CC(N)c1ccc(C(C)C)s1. The van der Waals surface area contributed by atoms with E-state index in [2.05, 4.69) is 24.7 Å². The third kappa shape index (κ3) is 3.32. The van der Waals surface area contributed by atoms with E-state index in [-0.39, 0.29) is 18.4 Å². The first-order valence-corrected chi connectivity index (χ1v) is 5.78. The van der Waals surface area contributed by atoms with Crippen molar-refractivity contribution in [3.05, 3.63) is 21.9 Å². The number of thiophene rings is 1. The Kier molecular flexibility index (Phi) is 4.29. The van der Waals surface area contributed by atoms with Crippen LogP contribution in [-0.2, 0) is 9.53 Å². The normalized spacial score (nSPS) is 12.9. The Morgan fingerprint density at radius 2 is 2.07 bits per heavy atom. The summed E-state index contributed by atoms with van der Waals surface area (Å²) < 4.78 is 4.58. The van der Waals surface area contributed by atoms with Crippen LogP contribution in [0.15, 0.2) is 12.1 Å². The molecule has 15 heavy (non-hydrogen) atoms. The summed E-state index contributed by atoms with van der Waals surface area (Å²) in [5.41, 5.74) is 5.89. The zero-order valence-corrected chi connectivity index (χ0v) is 10.1. The minimum atomic E-state index is -0.262. The molecule has 2 N–H and O–H groups in total. The lowest BCUT2D eigenvalue weighted by atomic mass is 10.1. The molecule has 0 bridgehead atoms. The van der Waals surface area contributed by atoms with Gasteiger partial charge in [0.2, 0.25) is 0 Å². The minimum Gasteiger partial charge on any atom is -0.469 e. The van der Waals surface area contributed by atoms with Crippen LogP contribution in [-0.4, -0.2) is 13.1 Å². The number of ether oxygens (including phenoxy) is 1. The van der Waals surface area contributed by atoms with Crippen LogP contribution < -0.4 is 5.73 Å². The van der Waals surface area contributed by atoms with Crippen LogP contribution in [0, 0.1) is 0 Å². The van der Waals surface area contributed by atoms with Crippen molar-refractivity contribution in [3.8, 4) is 0 Å². The average molecular weight is 227 g/mol. The van der Waals surface area contributed by atoms with Crippen molar-refractivity contribution in [1.29, 1.82) is 0 Å². The summed E-state index contributed by atoms with van der Waals surface area (Å²) in [5.74, 6) is 0.246. The molecular weight excluding hydrogens is 210 g/mol. The van der Waals surface area contributed by atoms with E-state index in [9.17, 15) is 4.79 Å². The average Bonchev–Trinajstić information content (AvgIpc) is 2.66. The van der Waals surface area contributed by atoms with E-state index < -0.39 is 0 Å². The standard InChI is InChI=1S/C11H17NO2S/c1-7(2)9-4-5-10(15-9)8(12)6-11(13)14-3/h4-5,7-8H,6,12H2,1-3H3. The Balaban J connectivity index is 2.65. The highest BCUT2D eigenvalue weighted by molar-refractivity contribution is 7.12. The number of rotatable bonds is 4. The zero-order chi connectivity index (χ0) is 11.4. The summed E-state index contributed by atoms with van der Waals surface area (Å²) in [4.78, 5) is 13.4. The van der Waals surface area contributed by atoms with Gasteiger partial charge >= 0.3 is 5.97 Å². The first-order chi connectivity index (χ1) is 7.04. The van der Waals surface area contributed by atoms with Gasteiger partial charge < -0.3 is 10.5 Å². The molecule has 0 radical (unpaired) electrons. The second kappa shape index (κ2) is 5.28. The summed E-state index contributed by atoms with van der Waals surface area (Å²) in [6.07, 6.45) is 0.245. The largest absolute Gasteiger partial charge is 0.469 e. The van der Waals surface area contributed by atoms with Gasteiger partial charge in [-0.05, 0) is 18.1 Å². The van der Waals surface area contributed by atoms with Gasteiger partial charge in [-0.2, -0.15) is 0 Å². The van der Waals surface area contributed by atoms with E-state index in [1.807, 2.05) is 6.07 Å². The van der Waals surface area contributed by atoms with Gasteiger partial charge in [0.25, 0.3) is 0 Å². The monoisotopic (exact) mass is 227 g/mol. The number of hydrogen-bond acceptors (Lipinski definition) is 4. The fourth-order valence-corrected chi connectivity index (χ4v) is 2.26. The molecule has 0 saturated carbocycles.